The van der Waals surface area contributed by atoms with E-state index in [1.807, 2.05) is 30.3 Å². The number of benzene rings is 2. The summed E-state index contributed by atoms with van der Waals surface area (Å²) >= 11 is 0. The third-order valence-electron chi connectivity index (χ3n) is 4.16. The Bertz CT molecular complexity index is 1090. The first-order chi connectivity index (χ1) is 13.2. The van der Waals surface area contributed by atoms with E-state index in [9.17, 15) is 4.39 Å². The summed E-state index contributed by atoms with van der Waals surface area (Å²) in [7, 11) is 3.18. The highest BCUT2D eigenvalue weighted by atomic mass is 19.1. The van der Waals surface area contributed by atoms with Crippen molar-refractivity contribution in [2.75, 3.05) is 19.5 Å². The van der Waals surface area contributed by atoms with Gasteiger partial charge in [0.15, 0.2) is 23.0 Å². The fourth-order valence-corrected chi connectivity index (χ4v) is 2.80. The summed E-state index contributed by atoms with van der Waals surface area (Å²) in [5.74, 6) is 1.69. The van der Waals surface area contributed by atoms with Gasteiger partial charge in [-0.25, -0.2) is 9.37 Å². The highest BCUT2D eigenvalue weighted by Crippen LogP contribution is 2.31. The molecule has 0 amide bonds. The zero-order chi connectivity index (χ0) is 18.8. The summed E-state index contributed by atoms with van der Waals surface area (Å²) in [4.78, 5) is 4.36. The van der Waals surface area contributed by atoms with Crippen LogP contribution in [0, 0.1) is 5.82 Å². The molecule has 7 heteroatoms. The van der Waals surface area contributed by atoms with Crippen LogP contribution in [0.25, 0.3) is 16.9 Å². The first-order valence-corrected chi connectivity index (χ1v) is 8.28. The summed E-state index contributed by atoms with van der Waals surface area (Å²) in [5, 5.41) is 7.90. The second-order valence-corrected chi connectivity index (χ2v) is 5.83. The number of fused-ring (bicyclic) bond motifs is 1. The van der Waals surface area contributed by atoms with E-state index < -0.39 is 0 Å². The van der Waals surface area contributed by atoms with Crippen LogP contribution < -0.4 is 14.8 Å². The maximum atomic E-state index is 13.2. The van der Waals surface area contributed by atoms with Crippen LogP contribution in [0.2, 0.25) is 0 Å². The zero-order valence-corrected chi connectivity index (χ0v) is 14.8. The largest absolute Gasteiger partial charge is 0.493 e. The van der Waals surface area contributed by atoms with E-state index in [2.05, 4.69) is 15.4 Å². The van der Waals surface area contributed by atoms with Gasteiger partial charge >= 0.3 is 0 Å². The Kier molecular flexibility index (Phi) is 4.33. The molecule has 27 heavy (non-hydrogen) atoms. The number of rotatable bonds is 5. The third-order valence-corrected chi connectivity index (χ3v) is 4.16. The lowest BCUT2D eigenvalue weighted by molar-refractivity contribution is 0.355. The Hall–Kier alpha value is -3.61. The van der Waals surface area contributed by atoms with E-state index in [1.165, 1.54) is 12.1 Å². The molecule has 0 saturated carbocycles. The first kappa shape index (κ1) is 16.8. The third kappa shape index (κ3) is 3.27. The minimum Gasteiger partial charge on any atom is -0.493 e. The molecule has 2 aromatic heterocycles. The summed E-state index contributed by atoms with van der Waals surface area (Å²) in [6.07, 6.45) is 1.70. The summed E-state index contributed by atoms with van der Waals surface area (Å²) in [6, 6.07) is 15.5. The van der Waals surface area contributed by atoms with E-state index in [0.29, 0.717) is 23.0 Å². The Balaban J connectivity index is 1.70. The van der Waals surface area contributed by atoms with E-state index in [1.54, 1.807) is 37.1 Å². The number of methoxy groups -OCH3 is 2. The minimum atomic E-state index is -0.279. The molecule has 4 aromatic rings. The van der Waals surface area contributed by atoms with Crippen LogP contribution in [0.3, 0.4) is 0 Å². The topological polar surface area (TPSA) is 60.7 Å². The predicted octanol–water partition coefficient (Wildman–Crippen LogP) is 4.30. The lowest BCUT2D eigenvalue weighted by Crippen LogP contribution is -2.00. The predicted molar refractivity (Wildman–Crippen MR) is 101 cm³/mol. The Morgan fingerprint density at radius 1 is 0.926 bits per heavy atom. The van der Waals surface area contributed by atoms with Gasteiger partial charge in [0.2, 0.25) is 0 Å². The SMILES string of the molecule is COc1ccc(Nc2cnc3ccc(-c4ccc(F)cc4)nn23)cc1OC. The molecule has 0 fully saturated rings. The van der Waals surface area contributed by atoms with Crippen LogP contribution in [-0.4, -0.2) is 28.8 Å². The fourth-order valence-electron chi connectivity index (χ4n) is 2.80. The molecule has 6 nitrogen and oxygen atoms in total. The molecule has 0 bridgehead atoms. The molecular weight excluding hydrogens is 347 g/mol. The second-order valence-electron chi connectivity index (χ2n) is 5.83. The normalized spacial score (nSPS) is 10.8. The standard InChI is InChI=1S/C20H17FN4O2/c1-26-17-9-7-15(11-18(17)27-2)23-20-12-22-19-10-8-16(24-25(19)20)13-3-5-14(21)6-4-13/h3-12,23H,1-2H3. The molecule has 4 rings (SSSR count). The molecule has 0 atom stereocenters. The number of anilines is 2. The van der Waals surface area contributed by atoms with Gasteiger partial charge in [0.25, 0.3) is 0 Å². The van der Waals surface area contributed by atoms with E-state index in [-0.39, 0.29) is 5.82 Å². The highest BCUT2D eigenvalue weighted by molar-refractivity contribution is 5.65. The number of halogens is 1. The number of hydrogen-bond acceptors (Lipinski definition) is 5. The number of ether oxygens (including phenoxy) is 2. The van der Waals surface area contributed by atoms with Crippen LogP contribution in [-0.2, 0) is 0 Å². The second kappa shape index (κ2) is 6.95. The van der Waals surface area contributed by atoms with Crippen molar-refractivity contribution in [3.8, 4) is 22.8 Å². The van der Waals surface area contributed by atoms with Gasteiger partial charge in [-0.15, -0.1) is 0 Å². The van der Waals surface area contributed by atoms with Crippen molar-refractivity contribution in [1.82, 2.24) is 14.6 Å². The fraction of sp³-hybridized carbons (Fsp3) is 0.100. The lowest BCUT2D eigenvalue weighted by Gasteiger charge is -2.11. The number of hydrogen-bond donors (Lipinski definition) is 1. The molecule has 136 valence electrons. The monoisotopic (exact) mass is 364 g/mol. The van der Waals surface area contributed by atoms with Gasteiger partial charge in [-0.05, 0) is 48.5 Å². The maximum Gasteiger partial charge on any atom is 0.162 e. The van der Waals surface area contributed by atoms with Crippen molar-refractivity contribution in [2.24, 2.45) is 0 Å². The van der Waals surface area contributed by atoms with Gasteiger partial charge in [-0.1, -0.05) is 0 Å². The van der Waals surface area contributed by atoms with Gasteiger partial charge in [-0.3, -0.25) is 0 Å². The molecule has 0 unspecified atom stereocenters. The van der Waals surface area contributed by atoms with Crippen LogP contribution in [0.15, 0.2) is 60.8 Å². The minimum absolute atomic E-state index is 0.279. The van der Waals surface area contributed by atoms with Gasteiger partial charge in [0.1, 0.15) is 5.82 Å². The lowest BCUT2D eigenvalue weighted by atomic mass is 10.1. The van der Waals surface area contributed by atoms with Crippen molar-refractivity contribution in [2.45, 2.75) is 0 Å². The number of nitrogens with one attached hydrogen (secondary N) is 1. The molecule has 2 aromatic carbocycles. The number of aromatic nitrogens is 3. The van der Waals surface area contributed by atoms with Gasteiger partial charge in [0, 0.05) is 17.3 Å². The Morgan fingerprint density at radius 3 is 2.44 bits per heavy atom. The molecule has 0 spiro atoms. The van der Waals surface area contributed by atoms with E-state index in [4.69, 9.17) is 9.47 Å². The van der Waals surface area contributed by atoms with Gasteiger partial charge < -0.3 is 14.8 Å². The summed E-state index contributed by atoms with van der Waals surface area (Å²) < 4.78 is 25.5. The van der Waals surface area contributed by atoms with Crippen LogP contribution >= 0.6 is 0 Å². The molecule has 0 aliphatic rings. The smallest absolute Gasteiger partial charge is 0.162 e. The molecule has 0 aliphatic carbocycles. The van der Waals surface area contributed by atoms with Gasteiger partial charge in [-0.2, -0.15) is 9.61 Å². The Labute approximate surface area is 155 Å². The Morgan fingerprint density at radius 2 is 1.70 bits per heavy atom. The quantitative estimate of drug-likeness (QED) is 0.572. The van der Waals surface area contributed by atoms with Crippen molar-refractivity contribution >= 4 is 17.2 Å². The number of nitrogens with zero attached hydrogens (tertiary/aromatic N) is 3. The molecule has 1 N–H and O–H groups in total. The van der Waals surface area contributed by atoms with Crippen LogP contribution in [0.4, 0.5) is 15.9 Å². The average molecular weight is 364 g/mol. The zero-order valence-electron chi connectivity index (χ0n) is 14.8. The van der Waals surface area contributed by atoms with Crippen molar-refractivity contribution in [3.63, 3.8) is 0 Å². The van der Waals surface area contributed by atoms with Gasteiger partial charge in [0.05, 0.1) is 26.1 Å². The maximum absolute atomic E-state index is 13.2. The van der Waals surface area contributed by atoms with Crippen molar-refractivity contribution < 1.29 is 13.9 Å². The van der Waals surface area contributed by atoms with Crippen molar-refractivity contribution in [3.05, 3.63) is 66.6 Å². The molecule has 2 heterocycles. The first-order valence-electron chi connectivity index (χ1n) is 8.28. The van der Waals surface area contributed by atoms with Crippen LogP contribution in [0.1, 0.15) is 0 Å². The molecular formula is C20H17FN4O2. The number of imidazole rings is 1. The van der Waals surface area contributed by atoms with E-state index in [0.717, 1.165) is 16.9 Å². The molecule has 0 radical (unpaired) electrons. The van der Waals surface area contributed by atoms with Crippen LogP contribution in [0.5, 0.6) is 11.5 Å². The molecule has 0 saturated heterocycles. The summed E-state index contributed by atoms with van der Waals surface area (Å²) in [5.41, 5.74) is 3.05. The average Bonchev–Trinajstić information content (AvgIpc) is 3.10. The molecule has 0 aliphatic heterocycles. The van der Waals surface area contributed by atoms with Crippen molar-refractivity contribution in [1.29, 1.82) is 0 Å². The van der Waals surface area contributed by atoms with E-state index >= 15 is 0 Å². The highest BCUT2D eigenvalue weighted by Gasteiger charge is 2.10. The summed E-state index contributed by atoms with van der Waals surface area (Å²) in [6.45, 7) is 0.